The molecule has 1 fully saturated rings. The van der Waals surface area contributed by atoms with Crippen LogP contribution in [0, 0.1) is 0 Å². The number of anilines is 1. The van der Waals surface area contributed by atoms with Crippen molar-refractivity contribution in [3.8, 4) is 0 Å². The van der Waals surface area contributed by atoms with E-state index in [0.717, 1.165) is 43.8 Å². The summed E-state index contributed by atoms with van der Waals surface area (Å²) in [5, 5.41) is 3.71. The van der Waals surface area contributed by atoms with Gasteiger partial charge in [0.2, 0.25) is 0 Å². The molecule has 0 amide bonds. The first-order valence-corrected chi connectivity index (χ1v) is 10.6. The third-order valence-electron chi connectivity index (χ3n) is 5.23. The van der Waals surface area contributed by atoms with Gasteiger partial charge in [-0.25, -0.2) is 9.97 Å². The molecule has 3 heterocycles. The maximum Gasteiger partial charge on any atom is 0.147 e. The first-order valence-electron chi connectivity index (χ1n) is 9.77. The van der Waals surface area contributed by atoms with Crippen LogP contribution in [0.3, 0.4) is 0 Å². The fourth-order valence-electron chi connectivity index (χ4n) is 3.60. The Labute approximate surface area is 165 Å². The van der Waals surface area contributed by atoms with Gasteiger partial charge < -0.3 is 5.32 Å². The van der Waals surface area contributed by atoms with Crippen molar-refractivity contribution in [3.05, 3.63) is 53.2 Å². The Morgan fingerprint density at radius 3 is 2.56 bits per heavy atom. The Kier molecular flexibility index (Phi) is 5.15. The SMILES string of the molecule is CC(C)(C)c1cc2ncnc(NC3CCN(Cc4ccccc4)CC3)c2s1. The Morgan fingerprint density at radius 1 is 1.11 bits per heavy atom. The number of aromatic nitrogens is 2. The van der Waals surface area contributed by atoms with Crippen molar-refractivity contribution in [2.45, 2.75) is 51.6 Å². The Morgan fingerprint density at radius 2 is 1.85 bits per heavy atom. The first-order chi connectivity index (χ1) is 13.0. The molecule has 0 bridgehead atoms. The zero-order valence-corrected chi connectivity index (χ0v) is 17.2. The van der Waals surface area contributed by atoms with Crippen molar-refractivity contribution in [2.24, 2.45) is 0 Å². The Bertz CT molecular complexity index is 890. The van der Waals surface area contributed by atoms with Crippen molar-refractivity contribution in [3.63, 3.8) is 0 Å². The highest BCUT2D eigenvalue weighted by Gasteiger charge is 2.22. The molecule has 1 aliphatic heterocycles. The second-order valence-electron chi connectivity index (χ2n) is 8.48. The van der Waals surface area contributed by atoms with Gasteiger partial charge in [0.05, 0.1) is 10.2 Å². The molecule has 0 spiro atoms. The summed E-state index contributed by atoms with van der Waals surface area (Å²) in [6.07, 6.45) is 3.99. The smallest absolute Gasteiger partial charge is 0.147 e. The van der Waals surface area contributed by atoms with Gasteiger partial charge in [0.1, 0.15) is 12.1 Å². The van der Waals surface area contributed by atoms with Gasteiger partial charge in [-0.3, -0.25) is 4.90 Å². The molecule has 3 aromatic rings. The van der Waals surface area contributed by atoms with E-state index < -0.39 is 0 Å². The summed E-state index contributed by atoms with van der Waals surface area (Å²) in [6, 6.07) is 13.5. The fourth-order valence-corrected chi connectivity index (χ4v) is 4.72. The molecule has 27 heavy (non-hydrogen) atoms. The molecule has 0 aliphatic carbocycles. The van der Waals surface area contributed by atoms with Gasteiger partial charge in [0, 0.05) is 30.6 Å². The molecule has 1 N–H and O–H groups in total. The second kappa shape index (κ2) is 7.56. The lowest BCUT2D eigenvalue weighted by Crippen LogP contribution is -2.38. The number of benzene rings is 1. The zero-order valence-electron chi connectivity index (χ0n) is 16.4. The molecule has 4 nitrogen and oxygen atoms in total. The number of hydrogen-bond acceptors (Lipinski definition) is 5. The average Bonchev–Trinajstić information content (AvgIpc) is 3.10. The lowest BCUT2D eigenvalue weighted by molar-refractivity contribution is 0.211. The van der Waals surface area contributed by atoms with Crippen LogP contribution >= 0.6 is 11.3 Å². The Hall–Kier alpha value is -1.98. The largest absolute Gasteiger partial charge is 0.366 e. The van der Waals surface area contributed by atoms with E-state index >= 15 is 0 Å². The number of nitrogens with zero attached hydrogens (tertiary/aromatic N) is 3. The number of thiophene rings is 1. The van der Waals surface area contributed by atoms with Gasteiger partial charge in [-0.15, -0.1) is 11.3 Å². The molecule has 0 saturated carbocycles. The summed E-state index contributed by atoms with van der Waals surface area (Å²) in [4.78, 5) is 12.9. The van der Waals surface area contributed by atoms with E-state index in [0.29, 0.717) is 6.04 Å². The van der Waals surface area contributed by atoms with E-state index in [2.05, 4.69) is 77.4 Å². The number of hydrogen-bond donors (Lipinski definition) is 1. The zero-order chi connectivity index (χ0) is 18.9. The van der Waals surface area contributed by atoms with E-state index in [4.69, 9.17) is 0 Å². The van der Waals surface area contributed by atoms with Crippen LogP contribution in [0.25, 0.3) is 10.2 Å². The monoisotopic (exact) mass is 380 g/mol. The lowest BCUT2D eigenvalue weighted by Gasteiger charge is -2.32. The van der Waals surface area contributed by atoms with E-state index in [-0.39, 0.29) is 5.41 Å². The van der Waals surface area contributed by atoms with Gasteiger partial charge in [-0.2, -0.15) is 0 Å². The minimum atomic E-state index is 0.144. The summed E-state index contributed by atoms with van der Waals surface area (Å²) in [5.74, 6) is 1.00. The molecule has 5 heteroatoms. The molecular weight excluding hydrogens is 352 g/mol. The summed E-state index contributed by atoms with van der Waals surface area (Å²) >= 11 is 1.82. The number of rotatable bonds is 4. The number of likely N-dealkylation sites (tertiary alicyclic amines) is 1. The molecule has 4 rings (SSSR count). The maximum atomic E-state index is 4.56. The van der Waals surface area contributed by atoms with Crippen molar-refractivity contribution in [1.29, 1.82) is 0 Å². The van der Waals surface area contributed by atoms with E-state index in [1.165, 1.54) is 15.1 Å². The predicted molar refractivity (Wildman–Crippen MR) is 114 cm³/mol. The normalized spacial score (nSPS) is 16.7. The molecule has 2 aromatic heterocycles. The molecular formula is C22H28N4S. The molecule has 0 atom stereocenters. The topological polar surface area (TPSA) is 41.1 Å². The predicted octanol–water partition coefficient (Wildman–Crippen LogP) is 5.07. The van der Waals surface area contributed by atoms with Gasteiger partial charge in [0.25, 0.3) is 0 Å². The summed E-state index contributed by atoms with van der Waals surface area (Å²) in [6.45, 7) is 10.0. The van der Waals surface area contributed by atoms with Crippen LogP contribution in [0.15, 0.2) is 42.7 Å². The third-order valence-corrected chi connectivity index (χ3v) is 6.78. The van der Waals surface area contributed by atoms with Crippen LogP contribution < -0.4 is 5.32 Å². The summed E-state index contributed by atoms with van der Waals surface area (Å²) < 4.78 is 1.19. The molecule has 1 saturated heterocycles. The van der Waals surface area contributed by atoms with Crippen molar-refractivity contribution < 1.29 is 0 Å². The molecule has 0 unspecified atom stereocenters. The van der Waals surface area contributed by atoms with E-state index in [9.17, 15) is 0 Å². The van der Waals surface area contributed by atoms with Gasteiger partial charge >= 0.3 is 0 Å². The van der Waals surface area contributed by atoms with Crippen LogP contribution in [0.1, 0.15) is 44.1 Å². The van der Waals surface area contributed by atoms with E-state index in [1.807, 2.05) is 11.3 Å². The van der Waals surface area contributed by atoms with Gasteiger partial charge in [0.15, 0.2) is 0 Å². The van der Waals surface area contributed by atoms with Crippen LogP contribution in [0.2, 0.25) is 0 Å². The van der Waals surface area contributed by atoms with Crippen LogP contribution in [-0.4, -0.2) is 34.0 Å². The van der Waals surface area contributed by atoms with Crippen LogP contribution in [0.4, 0.5) is 5.82 Å². The van der Waals surface area contributed by atoms with Crippen LogP contribution in [0.5, 0.6) is 0 Å². The Balaban J connectivity index is 1.41. The highest BCUT2D eigenvalue weighted by molar-refractivity contribution is 7.19. The van der Waals surface area contributed by atoms with E-state index in [1.54, 1.807) is 6.33 Å². The highest BCUT2D eigenvalue weighted by Crippen LogP contribution is 2.36. The molecule has 0 radical (unpaired) electrons. The lowest BCUT2D eigenvalue weighted by atomic mass is 9.95. The molecule has 142 valence electrons. The third kappa shape index (κ3) is 4.30. The number of piperidine rings is 1. The van der Waals surface area contributed by atoms with Crippen molar-refractivity contribution in [1.82, 2.24) is 14.9 Å². The van der Waals surface area contributed by atoms with Gasteiger partial charge in [-0.1, -0.05) is 51.1 Å². The molecule has 1 aromatic carbocycles. The second-order valence-corrected chi connectivity index (χ2v) is 9.53. The van der Waals surface area contributed by atoms with Crippen molar-refractivity contribution in [2.75, 3.05) is 18.4 Å². The fraction of sp³-hybridized carbons (Fsp3) is 0.455. The quantitative estimate of drug-likeness (QED) is 0.686. The highest BCUT2D eigenvalue weighted by atomic mass is 32.1. The standard InChI is InChI=1S/C22H28N4S/c1-22(2,3)19-13-18-20(27-19)21(24-15-23-18)25-17-9-11-26(12-10-17)14-16-7-5-4-6-8-16/h4-8,13,15,17H,9-12,14H2,1-3H3,(H,23,24,25). The summed E-state index contributed by atoms with van der Waals surface area (Å²) in [5.41, 5.74) is 2.60. The van der Waals surface area contributed by atoms with Gasteiger partial charge in [-0.05, 0) is 29.9 Å². The number of fused-ring (bicyclic) bond motifs is 1. The summed E-state index contributed by atoms with van der Waals surface area (Å²) in [7, 11) is 0. The molecule has 1 aliphatic rings. The number of nitrogens with one attached hydrogen (secondary N) is 1. The average molecular weight is 381 g/mol. The van der Waals surface area contributed by atoms with Crippen LogP contribution in [-0.2, 0) is 12.0 Å². The maximum absolute atomic E-state index is 4.56. The minimum absolute atomic E-state index is 0.144. The minimum Gasteiger partial charge on any atom is -0.366 e. The van der Waals surface area contributed by atoms with Crippen molar-refractivity contribution >= 4 is 27.4 Å². The first kappa shape index (κ1) is 18.4.